The molecule has 1 amide bonds. The lowest BCUT2D eigenvalue weighted by atomic mass is 9.80. The van der Waals surface area contributed by atoms with Gasteiger partial charge in [-0.05, 0) is 20.3 Å². The summed E-state index contributed by atoms with van der Waals surface area (Å²) in [6.07, 6.45) is 2.05. The van der Waals surface area contributed by atoms with Crippen LogP contribution < -0.4 is 0 Å². The molecule has 0 radical (unpaired) electrons. The summed E-state index contributed by atoms with van der Waals surface area (Å²) in [5.41, 5.74) is -0.913. The summed E-state index contributed by atoms with van der Waals surface area (Å²) in [6, 6.07) is 0. The van der Waals surface area contributed by atoms with Crippen LogP contribution in [0.3, 0.4) is 0 Å². The predicted molar refractivity (Wildman–Crippen MR) is 56.2 cm³/mol. The van der Waals surface area contributed by atoms with Crippen molar-refractivity contribution in [2.24, 2.45) is 5.41 Å². The number of unbranched alkanes of at least 4 members (excludes halogenated alkanes) is 1. The van der Waals surface area contributed by atoms with Crippen molar-refractivity contribution in [3.05, 3.63) is 0 Å². The zero-order valence-corrected chi connectivity index (χ0v) is 9.71. The molecule has 1 aliphatic rings. The zero-order valence-electron chi connectivity index (χ0n) is 9.71. The lowest BCUT2D eigenvalue weighted by Crippen LogP contribution is -2.64. The van der Waals surface area contributed by atoms with Gasteiger partial charge in [0.15, 0.2) is 5.41 Å². The molecule has 1 saturated heterocycles. The van der Waals surface area contributed by atoms with E-state index in [1.807, 2.05) is 0 Å². The Balaban J connectivity index is 2.48. The van der Waals surface area contributed by atoms with Gasteiger partial charge >= 0.3 is 5.97 Å². The highest BCUT2D eigenvalue weighted by molar-refractivity contribution is 6.06. The van der Waals surface area contributed by atoms with Gasteiger partial charge in [0.25, 0.3) is 0 Å². The molecule has 1 fully saturated rings. The predicted octanol–water partition coefficient (Wildman–Crippen LogP) is 1.20. The molecule has 1 aliphatic heterocycles. The van der Waals surface area contributed by atoms with E-state index in [0.29, 0.717) is 13.2 Å². The summed E-state index contributed by atoms with van der Waals surface area (Å²) in [7, 11) is 0. The van der Waals surface area contributed by atoms with Gasteiger partial charge in [-0.25, -0.2) is 0 Å². The van der Waals surface area contributed by atoms with Crippen LogP contribution in [-0.4, -0.2) is 36.5 Å². The van der Waals surface area contributed by atoms with Crippen molar-refractivity contribution in [2.45, 2.75) is 33.6 Å². The van der Waals surface area contributed by atoms with Crippen molar-refractivity contribution in [1.82, 2.24) is 4.90 Å². The summed E-state index contributed by atoms with van der Waals surface area (Å²) in [4.78, 5) is 25.0. The SMILES string of the molecule is CCCCN1CC(C)(C(=O)OCC)C1=O. The van der Waals surface area contributed by atoms with Gasteiger partial charge in [-0.2, -0.15) is 0 Å². The Labute approximate surface area is 90.6 Å². The van der Waals surface area contributed by atoms with E-state index in [1.54, 1.807) is 18.7 Å². The number of likely N-dealkylation sites (tertiary alicyclic amines) is 1. The minimum Gasteiger partial charge on any atom is -0.465 e. The largest absolute Gasteiger partial charge is 0.465 e. The van der Waals surface area contributed by atoms with Crippen molar-refractivity contribution in [1.29, 1.82) is 0 Å². The van der Waals surface area contributed by atoms with Crippen molar-refractivity contribution < 1.29 is 14.3 Å². The molecule has 1 unspecified atom stereocenters. The number of carbonyl (C=O) groups is 2. The van der Waals surface area contributed by atoms with Gasteiger partial charge in [-0.1, -0.05) is 13.3 Å². The highest BCUT2D eigenvalue weighted by atomic mass is 16.5. The Morgan fingerprint density at radius 2 is 2.20 bits per heavy atom. The van der Waals surface area contributed by atoms with Gasteiger partial charge in [-0.15, -0.1) is 0 Å². The van der Waals surface area contributed by atoms with Gasteiger partial charge in [0.2, 0.25) is 5.91 Å². The summed E-state index contributed by atoms with van der Waals surface area (Å²) in [5.74, 6) is -0.475. The summed E-state index contributed by atoms with van der Waals surface area (Å²) < 4.78 is 4.89. The maximum atomic E-state index is 11.7. The molecule has 0 saturated carbocycles. The first kappa shape index (κ1) is 12.0. The van der Waals surface area contributed by atoms with Crippen molar-refractivity contribution in [2.75, 3.05) is 19.7 Å². The fourth-order valence-electron chi connectivity index (χ4n) is 1.75. The monoisotopic (exact) mass is 213 g/mol. The van der Waals surface area contributed by atoms with E-state index < -0.39 is 5.41 Å². The van der Waals surface area contributed by atoms with E-state index in [2.05, 4.69) is 6.92 Å². The molecule has 0 aromatic carbocycles. The number of rotatable bonds is 5. The molecule has 0 aromatic heterocycles. The number of hydrogen-bond donors (Lipinski definition) is 0. The Kier molecular flexibility index (Phi) is 3.72. The Morgan fingerprint density at radius 3 is 2.67 bits per heavy atom. The van der Waals surface area contributed by atoms with E-state index in [1.165, 1.54) is 0 Å². The lowest BCUT2D eigenvalue weighted by Gasteiger charge is -2.44. The van der Waals surface area contributed by atoms with Gasteiger partial charge in [-0.3, -0.25) is 9.59 Å². The van der Waals surface area contributed by atoms with E-state index in [-0.39, 0.29) is 11.9 Å². The van der Waals surface area contributed by atoms with Crippen LogP contribution in [0.15, 0.2) is 0 Å². The fourth-order valence-corrected chi connectivity index (χ4v) is 1.75. The second-order valence-corrected chi connectivity index (χ2v) is 4.13. The van der Waals surface area contributed by atoms with E-state index in [0.717, 1.165) is 19.4 Å². The molecule has 0 N–H and O–H groups in total. The molecule has 1 rings (SSSR count). The fraction of sp³-hybridized carbons (Fsp3) is 0.818. The first-order valence-electron chi connectivity index (χ1n) is 5.52. The maximum Gasteiger partial charge on any atom is 0.323 e. The van der Waals surface area contributed by atoms with Crippen LogP contribution in [0, 0.1) is 5.41 Å². The minimum atomic E-state index is -0.913. The molecule has 0 bridgehead atoms. The molecule has 15 heavy (non-hydrogen) atoms. The van der Waals surface area contributed by atoms with Gasteiger partial charge in [0.05, 0.1) is 6.61 Å². The number of ether oxygens (including phenoxy) is 1. The molecular weight excluding hydrogens is 194 g/mol. The van der Waals surface area contributed by atoms with E-state index in [4.69, 9.17) is 4.74 Å². The summed E-state index contributed by atoms with van der Waals surface area (Å²) in [6.45, 7) is 7.08. The van der Waals surface area contributed by atoms with Crippen molar-refractivity contribution in [3.63, 3.8) is 0 Å². The molecule has 1 atom stereocenters. The Hall–Kier alpha value is -1.06. The standard InChI is InChI=1S/C11H19NO3/c1-4-6-7-12-8-11(3,9(12)13)10(14)15-5-2/h4-8H2,1-3H3. The van der Waals surface area contributed by atoms with E-state index in [9.17, 15) is 9.59 Å². The average molecular weight is 213 g/mol. The number of β-lactam (4-membered cyclic amide) rings is 1. The molecular formula is C11H19NO3. The average Bonchev–Trinajstić information content (AvgIpc) is 2.23. The van der Waals surface area contributed by atoms with Crippen LogP contribution in [0.2, 0.25) is 0 Å². The second-order valence-electron chi connectivity index (χ2n) is 4.13. The third-order valence-corrected chi connectivity index (χ3v) is 2.77. The van der Waals surface area contributed by atoms with Crippen LogP contribution in [0.5, 0.6) is 0 Å². The van der Waals surface area contributed by atoms with E-state index >= 15 is 0 Å². The molecule has 0 aromatic rings. The van der Waals surface area contributed by atoms with Crippen LogP contribution >= 0.6 is 0 Å². The highest BCUT2D eigenvalue weighted by Gasteiger charge is 2.54. The summed E-state index contributed by atoms with van der Waals surface area (Å²) in [5, 5.41) is 0. The third kappa shape index (κ3) is 2.13. The van der Waals surface area contributed by atoms with Crippen LogP contribution in [0.25, 0.3) is 0 Å². The third-order valence-electron chi connectivity index (χ3n) is 2.77. The summed E-state index contributed by atoms with van der Waals surface area (Å²) >= 11 is 0. The molecule has 0 spiro atoms. The number of amides is 1. The van der Waals surface area contributed by atoms with Crippen LogP contribution in [-0.2, 0) is 14.3 Å². The lowest BCUT2D eigenvalue weighted by molar-refractivity contribution is -0.177. The Morgan fingerprint density at radius 1 is 1.53 bits per heavy atom. The van der Waals surface area contributed by atoms with Gasteiger partial charge < -0.3 is 9.64 Å². The molecule has 4 nitrogen and oxygen atoms in total. The number of carbonyl (C=O) groups excluding carboxylic acids is 2. The first-order valence-corrected chi connectivity index (χ1v) is 5.52. The van der Waals surface area contributed by atoms with Gasteiger partial charge in [0, 0.05) is 13.1 Å². The quantitative estimate of drug-likeness (QED) is 0.391. The molecule has 0 aliphatic carbocycles. The zero-order chi connectivity index (χ0) is 11.5. The first-order chi connectivity index (χ1) is 7.06. The maximum absolute atomic E-state index is 11.7. The Bertz CT molecular complexity index is 265. The number of nitrogens with zero attached hydrogens (tertiary/aromatic N) is 1. The van der Waals surface area contributed by atoms with Crippen molar-refractivity contribution in [3.8, 4) is 0 Å². The van der Waals surface area contributed by atoms with Crippen molar-refractivity contribution >= 4 is 11.9 Å². The van der Waals surface area contributed by atoms with Gasteiger partial charge in [0.1, 0.15) is 0 Å². The highest BCUT2D eigenvalue weighted by Crippen LogP contribution is 2.33. The molecule has 4 heteroatoms. The normalized spacial score (nSPS) is 25.0. The molecule has 86 valence electrons. The molecule has 1 heterocycles. The topological polar surface area (TPSA) is 46.6 Å². The van der Waals surface area contributed by atoms with Crippen LogP contribution in [0.1, 0.15) is 33.6 Å². The van der Waals surface area contributed by atoms with Crippen LogP contribution in [0.4, 0.5) is 0 Å². The minimum absolute atomic E-state index is 0.0885. The number of hydrogen-bond acceptors (Lipinski definition) is 3. The number of esters is 1. The second kappa shape index (κ2) is 4.64. The smallest absolute Gasteiger partial charge is 0.323 e.